The molecular formula is C8H12N2S. The van der Waals surface area contributed by atoms with Crippen molar-refractivity contribution >= 4 is 11.3 Å². The van der Waals surface area contributed by atoms with Gasteiger partial charge in [0.15, 0.2) is 0 Å². The molecule has 11 heavy (non-hydrogen) atoms. The summed E-state index contributed by atoms with van der Waals surface area (Å²) in [6, 6.07) is 0. The van der Waals surface area contributed by atoms with Crippen LogP contribution in [0.25, 0.3) is 0 Å². The van der Waals surface area contributed by atoms with Crippen LogP contribution in [-0.2, 0) is 0 Å². The Morgan fingerprint density at radius 1 is 1.82 bits per heavy atom. The summed E-state index contributed by atoms with van der Waals surface area (Å²) in [7, 11) is 0. The van der Waals surface area contributed by atoms with Crippen LogP contribution in [0, 0.1) is 12.8 Å². The van der Waals surface area contributed by atoms with Crippen LogP contribution in [-0.4, -0.2) is 11.5 Å². The zero-order valence-corrected chi connectivity index (χ0v) is 7.40. The normalized spacial score (nSPS) is 28.9. The summed E-state index contributed by atoms with van der Waals surface area (Å²) in [5.41, 5.74) is 6.81. The van der Waals surface area contributed by atoms with Crippen LogP contribution in [0.3, 0.4) is 0 Å². The summed E-state index contributed by atoms with van der Waals surface area (Å²) in [4.78, 5) is 4.43. The van der Waals surface area contributed by atoms with Crippen molar-refractivity contribution in [2.45, 2.75) is 19.3 Å². The molecule has 0 amide bonds. The first kappa shape index (κ1) is 7.25. The molecule has 3 heteroatoms. The maximum atomic E-state index is 5.54. The van der Waals surface area contributed by atoms with Gasteiger partial charge in [0.05, 0.1) is 10.7 Å². The van der Waals surface area contributed by atoms with E-state index in [0.717, 1.165) is 12.5 Å². The Bertz CT molecular complexity index is 256. The maximum Gasteiger partial charge on any atom is 0.0897 e. The Hall–Kier alpha value is -0.410. The van der Waals surface area contributed by atoms with E-state index in [1.54, 1.807) is 11.3 Å². The maximum absolute atomic E-state index is 5.54. The lowest BCUT2D eigenvalue weighted by molar-refractivity contribution is 0.799. The van der Waals surface area contributed by atoms with E-state index in [-0.39, 0.29) is 0 Å². The predicted molar refractivity (Wildman–Crippen MR) is 46.8 cm³/mol. The molecule has 0 bridgehead atoms. The fourth-order valence-corrected chi connectivity index (χ4v) is 2.10. The molecule has 2 atom stereocenters. The van der Waals surface area contributed by atoms with Gasteiger partial charge in [-0.2, -0.15) is 0 Å². The summed E-state index contributed by atoms with van der Waals surface area (Å²) in [6.45, 7) is 2.87. The molecule has 1 aromatic heterocycles. The van der Waals surface area contributed by atoms with Gasteiger partial charge < -0.3 is 5.73 Å². The zero-order chi connectivity index (χ0) is 7.84. The first-order valence-electron chi connectivity index (χ1n) is 3.93. The van der Waals surface area contributed by atoms with Crippen molar-refractivity contribution in [3.05, 3.63) is 16.1 Å². The second-order valence-electron chi connectivity index (χ2n) is 3.13. The number of aromatic nitrogens is 1. The zero-order valence-electron chi connectivity index (χ0n) is 6.58. The van der Waals surface area contributed by atoms with E-state index >= 15 is 0 Å². The molecule has 0 radical (unpaired) electrons. The Kier molecular flexibility index (Phi) is 1.69. The third-order valence-corrected chi connectivity index (χ3v) is 3.03. The third kappa shape index (κ3) is 1.30. The number of nitrogens with two attached hydrogens (primary N) is 1. The minimum Gasteiger partial charge on any atom is -0.330 e. The first-order chi connectivity index (χ1) is 5.31. The predicted octanol–water partition coefficient (Wildman–Crippen LogP) is 1.51. The van der Waals surface area contributed by atoms with Gasteiger partial charge >= 0.3 is 0 Å². The van der Waals surface area contributed by atoms with Crippen molar-refractivity contribution in [1.82, 2.24) is 4.98 Å². The summed E-state index contributed by atoms with van der Waals surface area (Å²) < 4.78 is 0. The Morgan fingerprint density at radius 3 is 3.09 bits per heavy atom. The van der Waals surface area contributed by atoms with Crippen molar-refractivity contribution in [2.24, 2.45) is 11.7 Å². The molecule has 0 aromatic carbocycles. The van der Waals surface area contributed by atoms with Crippen molar-refractivity contribution < 1.29 is 0 Å². The topological polar surface area (TPSA) is 38.9 Å². The lowest BCUT2D eigenvalue weighted by Crippen LogP contribution is -2.01. The molecule has 0 aliphatic heterocycles. The number of hydrogen-bond acceptors (Lipinski definition) is 3. The molecule has 1 aliphatic carbocycles. The van der Waals surface area contributed by atoms with E-state index in [1.807, 2.05) is 6.92 Å². The van der Waals surface area contributed by atoms with Gasteiger partial charge in [0, 0.05) is 11.3 Å². The lowest BCUT2D eigenvalue weighted by Gasteiger charge is -1.89. The number of rotatable bonds is 2. The van der Waals surface area contributed by atoms with Crippen LogP contribution < -0.4 is 5.73 Å². The number of aryl methyl sites for hydroxylation is 1. The Labute approximate surface area is 70.5 Å². The van der Waals surface area contributed by atoms with E-state index < -0.39 is 0 Å². The Morgan fingerprint density at radius 2 is 2.64 bits per heavy atom. The number of hydrogen-bond donors (Lipinski definition) is 1. The average Bonchev–Trinajstić information content (AvgIpc) is 2.68. The average molecular weight is 168 g/mol. The van der Waals surface area contributed by atoms with Crippen molar-refractivity contribution in [2.75, 3.05) is 6.54 Å². The van der Waals surface area contributed by atoms with Gasteiger partial charge in [-0.3, -0.25) is 0 Å². The SMILES string of the molecule is Cc1nc([C@@H]2C[C@H]2CN)cs1. The minimum atomic E-state index is 0.685. The van der Waals surface area contributed by atoms with Crippen molar-refractivity contribution in [1.29, 1.82) is 0 Å². The number of thiazole rings is 1. The van der Waals surface area contributed by atoms with Gasteiger partial charge in [0.1, 0.15) is 0 Å². The second-order valence-corrected chi connectivity index (χ2v) is 4.19. The van der Waals surface area contributed by atoms with Gasteiger partial charge in [0.2, 0.25) is 0 Å². The fourth-order valence-electron chi connectivity index (χ4n) is 1.42. The van der Waals surface area contributed by atoms with Gasteiger partial charge in [-0.15, -0.1) is 11.3 Å². The third-order valence-electron chi connectivity index (χ3n) is 2.24. The van der Waals surface area contributed by atoms with Crippen molar-refractivity contribution in [3.8, 4) is 0 Å². The molecular weight excluding hydrogens is 156 g/mol. The molecule has 0 unspecified atom stereocenters. The molecule has 2 N–H and O–H groups in total. The minimum absolute atomic E-state index is 0.685. The molecule has 0 spiro atoms. The van der Waals surface area contributed by atoms with Crippen LogP contribution in [0.4, 0.5) is 0 Å². The van der Waals surface area contributed by atoms with Gasteiger partial charge in [0.25, 0.3) is 0 Å². The highest BCUT2D eigenvalue weighted by atomic mass is 32.1. The summed E-state index contributed by atoms with van der Waals surface area (Å²) in [5.74, 6) is 1.40. The van der Waals surface area contributed by atoms with E-state index in [9.17, 15) is 0 Å². The molecule has 1 heterocycles. The monoisotopic (exact) mass is 168 g/mol. The molecule has 0 saturated heterocycles. The second kappa shape index (κ2) is 2.57. The standard InChI is InChI=1S/C8H12N2S/c1-5-10-8(4-11-5)7-2-6(7)3-9/h4,6-7H,2-3,9H2,1H3/t6-,7+/m0/s1. The summed E-state index contributed by atoms with van der Waals surface area (Å²) >= 11 is 1.73. The van der Waals surface area contributed by atoms with E-state index in [4.69, 9.17) is 5.73 Å². The van der Waals surface area contributed by atoms with Crippen LogP contribution in [0.15, 0.2) is 5.38 Å². The largest absolute Gasteiger partial charge is 0.330 e. The van der Waals surface area contributed by atoms with Crippen molar-refractivity contribution in [3.63, 3.8) is 0 Å². The molecule has 2 rings (SSSR count). The van der Waals surface area contributed by atoms with E-state index in [0.29, 0.717) is 5.92 Å². The first-order valence-corrected chi connectivity index (χ1v) is 4.81. The highest BCUT2D eigenvalue weighted by Crippen LogP contribution is 2.46. The molecule has 1 fully saturated rings. The quantitative estimate of drug-likeness (QED) is 0.727. The highest BCUT2D eigenvalue weighted by Gasteiger charge is 2.38. The number of nitrogens with zero attached hydrogens (tertiary/aromatic N) is 1. The molecule has 1 aliphatic rings. The van der Waals surface area contributed by atoms with Crippen LogP contribution in [0.5, 0.6) is 0 Å². The van der Waals surface area contributed by atoms with Crippen LogP contribution in [0.1, 0.15) is 23.0 Å². The Balaban J connectivity index is 2.08. The van der Waals surface area contributed by atoms with Gasteiger partial charge in [-0.05, 0) is 25.8 Å². The lowest BCUT2D eigenvalue weighted by atomic mass is 10.2. The van der Waals surface area contributed by atoms with Gasteiger partial charge in [-0.1, -0.05) is 0 Å². The highest BCUT2D eigenvalue weighted by molar-refractivity contribution is 7.09. The molecule has 1 saturated carbocycles. The summed E-state index contributed by atoms with van der Waals surface area (Å²) in [5, 5.41) is 3.33. The smallest absolute Gasteiger partial charge is 0.0897 e. The molecule has 1 aromatic rings. The molecule has 60 valence electrons. The van der Waals surface area contributed by atoms with E-state index in [2.05, 4.69) is 10.4 Å². The van der Waals surface area contributed by atoms with Crippen LogP contribution in [0.2, 0.25) is 0 Å². The van der Waals surface area contributed by atoms with Gasteiger partial charge in [-0.25, -0.2) is 4.98 Å². The summed E-state index contributed by atoms with van der Waals surface area (Å²) in [6.07, 6.45) is 1.25. The molecule has 2 nitrogen and oxygen atoms in total. The van der Waals surface area contributed by atoms with E-state index in [1.165, 1.54) is 17.1 Å². The van der Waals surface area contributed by atoms with Crippen LogP contribution >= 0.6 is 11.3 Å². The fraction of sp³-hybridized carbons (Fsp3) is 0.625.